The van der Waals surface area contributed by atoms with Gasteiger partial charge >= 0.3 is 0 Å². The van der Waals surface area contributed by atoms with Crippen molar-refractivity contribution >= 4 is 41.0 Å². The number of fused-ring (bicyclic) bond motifs is 2. The molecule has 3 aromatic rings. The van der Waals surface area contributed by atoms with Crippen molar-refractivity contribution in [2.24, 2.45) is 0 Å². The summed E-state index contributed by atoms with van der Waals surface area (Å²) in [6.07, 6.45) is 4.19. The molecule has 1 N–H and O–H groups in total. The van der Waals surface area contributed by atoms with Crippen LogP contribution in [-0.2, 0) is 4.79 Å². The summed E-state index contributed by atoms with van der Waals surface area (Å²) in [5.41, 5.74) is 5.13. The van der Waals surface area contributed by atoms with Gasteiger partial charge in [0.25, 0.3) is 0 Å². The summed E-state index contributed by atoms with van der Waals surface area (Å²) in [5.74, 6) is -0.0566. The second kappa shape index (κ2) is 7.91. The molecular formula is C24H21ClN2O. The Labute approximate surface area is 170 Å². The minimum Gasteiger partial charge on any atom is -0.348 e. The van der Waals surface area contributed by atoms with Gasteiger partial charge in [-0.1, -0.05) is 78.4 Å². The molecule has 140 valence electrons. The summed E-state index contributed by atoms with van der Waals surface area (Å²) in [7, 11) is 0. The minimum absolute atomic E-state index is 0.0566. The molecule has 1 aliphatic heterocycles. The number of rotatable bonds is 4. The van der Waals surface area contributed by atoms with Crippen LogP contribution in [0.5, 0.6) is 0 Å². The fourth-order valence-corrected chi connectivity index (χ4v) is 3.86. The van der Waals surface area contributed by atoms with E-state index in [0.29, 0.717) is 5.02 Å². The largest absolute Gasteiger partial charge is 0.348 e. The molecule has 0 bridgehead atoms. The monoisotopic (exact) mass is 388 g/mol. The third-order valence-corrected chi connectivity index (χ3v) is 5.29. The summed E-state index contributed by atoms with van der Waals surface area (Å²) < 4.78 is 0. The highest BCUT2D eigenvalue weighted by atomic mass is 35.5. The van der Waals surface area contributed by atoms with Gasteiger partial charge in [0.2, 0.25) is 5.91 Å². The van der Waals surface area contributed by atoms with Crippen LogP contribution in [0.1, 0.15) is 29.7 Å². The molecule has 4 heteroatoms. The summed E-state index contributed by atoms with van der Waals surface area (Å²) in [5, 5.41) is 3.74. The number of hydrogen-bond donors (Lipinski definition) is 1. The van der Waals surface area contributed by atoms with E-state index in [1.807, 2.05) is 67.6 Å². The van der Waals surface area contributed by atoms with E-state index in [1.165, 1.54) is 0 Å². The number of benzene rings is 3. The van der Waals surface area contributed by atoms with Crippen LogP contribution in [0.25, 0.3) is 12.2 Å². The van der Waals surface area contributed by atoms with Crippen LogP contribution in [0.3, 0.4) is 0 Å². The predicted octanol–water partition coefficient (Wildman–Crippen LogP) is 5.84. The molecule has 1 unspecified atom stereocenters. The molecule has 1 atom stereocenters. The highest BCUT2D eigenvalue weighted by Crippen LogP contribution is 2.35. The van der Waals surface area contributed by atoms with Gasteiger partial charge in [0, 0.05) is 16.4 Å². The van der Waals surface area contributed by atoms with Gasteiger partial charge in [0.05, 0.1) is 6.04 Å². The number of halogens is 1. The van der Waals surface area contributed by atoms with Crippen molar-refractivity contribution in [3.05, 3.63) is 94.5 Å². The zero-order chi connectivity index (χ0) is 19.5. The number of hydrogen-bond acceptors (Lipinski definition) is 2. The van der Waals surface area contributed by atoms with Crippen LogP contribution >= 0.6 is 11.6 Å². The van der Waals surface area contributed by atoms with Crippen molar-refractivity contribution in [1.82, 2.24) is 5.32 Å². The van der Waals surface area contributed by atoms with Crippen molar-refractivity contribution in [1.29, 1.82) is 0 Å². The maximum atomic E-state index is 12.9. The Hall–Kier alpha value is -3.04. The Morgan fingerprint density at radius 2 is 1.43 bits per heavy atom. The standard InChI is InChI=1S/C24H21ClN2O/c1-17(20-10-4-5-11-21(20)25)26-24(28)16-27-22-12-6-2-8-18(22)14-15-19-9-3-7-13-23(19)27/h2-15,17H,16H2,1H3,(H,26,28). The Balaban J connectivity index is 1.61. The lowest BCUT2D eigenvalue weighted by atomic mass is 10.1. The highest BCUT2D eigenvalue weighted by molar-refractivity contribution is 6.31. The maximum Gasteiger partial charge on any atom is 0.240 e. The average Bonchev–Trinajstić information content (AvgIpc) is 2.86. The fourth-order valence-electron chi connectivity index (χ4n) is 3.56. The molecule has 0 aromatic heterocycles. The first-order valence-corrected chi connectivity index (χ1v) is 9.69. The molecular weight excluding hydrogens is 368 g/mol. The molecule has 3 aromatic carbocycles. The van der Waals surface area contributed by atoms with Gasteiger partial charge in [-0.05, 0) is 41.8 Å². The van der Waals surface area contributed by atoms with Gasteiger partial charge in [0.1, 0.15) is 6.54 Å². The number of para-hydroxylation sites is 2. The van der Waals surface area contributed by atoms with E-state index >= 15 is 0 Å². The first-order valence-electron chi connectivity index (χ1n) is 9.31. The van der Waals surface area contributed by atoms with Crippen LogP contribution in [0.2, 0.25) is 5.02 Å². The summed E-state index contributed by atoms with van der Waals surface area (Å²) in [4.78, 5) is 15.0. The van der Waals surface area contributed by atoms with Crippen LogP contribution in [0.15, 0.2) is 72.8 Å². The Kier molecular flexibility index (Phi) is 5.18. The van der Waals surface area contributed by atoms with Crippen molar-refractivity contribution in [2.75, 3.05) is 11.4 Å². The van der Waals surface area contributed by atoms with Gasteiger partial charge in [-0.2, -0.15) is 0 Å². The number of amides is 1. The van der Waals surface area contributed by atoms with E-state index in [1.54, 1.807) is 0 Å². The zero-order valence-corrected chi connectivity index (χ0v) is 16.4. The quantitative estimate of drug-likeness (QED) is 0.609. The topological polar surface area (TPSA) is 32.3 Å². The van der Waals surface area contributed by atoms with Crippen LogP contribution in [-0.4, -0.2) is 12.5 Å². The van der Waals surface area contributed by atoms with Crippen LogP contribution < -0.4 is 10.2 Å². The summed E-state index contributed by atoms with van der Waals surface area (Å²) >= 11 is 6.28. The third-order valence-electron chi connectivity index (χ3n) is 4.95. The molecule has 1 aliphatic rings. The second-order valence-electron chi connectivity index (χ2n) is 6.85. The number of nitrogens with zero attached hydrogens (tertiary/aromatic N) is 1. The SMILES string of the molecule is CC(NC(=O)CN1c2ccccc2C=Cc2ccccc21)c1ccccc1Cl. The van der Waals surface area contributed by atoms with E-state index in [0.717, 1.165) is 28.1 Å². The van der Waals surface area contributed by atoms with Crippen molar-refractivity contribution in [3.63, 3.8) is 0 Å². The van der Waals surface area contributed by atoms with Gasteiger partial charge in [0.15, 0.2) is 0 Å². The van der Waals surface area contributed by atoms with Gasteiger partial charge < -0.3 is 10.2 Å². The molecule has 4 rings (SSSR count). The normalized spacial score (nSPS) is 13.3. The molecule has 0 saturated heterocycles. The molecule has 0 fully saturated rings. The lowest BCUT2D eigenvalue weighted by Gasteiger charge is -2.27. The van der Waals surface area contributed by atoms with E-state index in [-0.39, 0.29) is 18.5 Å². The molecule has 0 aliphatic carbocycles. The van der Waals surface area contributed by atoms with E-state index in [4.69, 9.17) is 11.6 Å². The lowest BCUT2D eigenvalue weighted by Crippen LogP contribution is -2.36. The average molecular weight is 389 g/mol. The summed E-state index contributed by atoms with van der Waals surface area (Å²) in [6.45, 7) is 2.18. The van der Waals surface area contributed by atoms with Crippen molar-refractivity contribution in [2.45, 2.75) is 13.0 Å². The van der Waals surface area contributed by atoms with Crippen molar-refractivity contribution in [3.8, 4) is 0 Å². The number of anilines is 2. The molecule has 0 radical (unpaired) electrons. The summed E-state index contributed by atoms with van der Waals surface area (Å²) in [6, 6.07) is 23.7. The number of carbonyl (C=O) groups is 1. The minimum atomic E-state index is -0.170. The smallest absolute Gasteiger partial charge is 0.240 e. The number of nitrogens with one attached hydrogen (secondary N) is 1. The Morgan fingerprint density at radius 1 is 0.893 bits per heavy atom. The van der Waals surface area contributed by atoms with Crippen LogP contribution in [0, 0.1) is 0 Å². The molecule has 0 saturated carbocycles. The first kappa shape index (κ1) is 18.3. The molecule has 1 heterocycles. The second-order valence-corrected chi connectivity index (χ2v) is 7.26. The maximum absolute atomic E-state index is 12.9. The third kappa shape index (κ3) is 3.67. The van der Waals surface area contributed by atoms with Gasteiger partial charge in [-0.3, -0.25) is 4.79 Å². The molecule has 28 heavy (non-hydrogen) atoms. The Morgan fingerprint density at radius 3 is 2.04 bits per heavy atom. The Bertz CT molecular complexity index is 995. The highest BCUT2D eigenvalue weighted by Gasteiger charge is 2.21. The predicted molar refractivity (Wildman–Crippen MR) is 117 cm³/mol. The van der Waals surface area contributed by atoms with Gasteiger partial charge in [-0.25, -0.2) is 0 Å². The van der Waals surface area contributed by atoms with E-state index < -0.39 is 0 Å². The van der Waals surface area contributed by atoms with E-state index in [2.05, 4.69) is 34.5 Å². The van der Waals surface area contributed by atoms with Crippen molar-refractivity contribution < 1.29 is 4.79 Å². The first-order chi connectivity index (χ1) is 13.6. The molecule has 1 amide bonds. The van der Waals surface area contributed by atoms with Crippen LogP contribution in [0.4, 0.5) is 11.4 Å². The van der Waals surface area contributed by atoms with Gasteiger partial charge in [-0.15, -0.1) is 0 Å². The lowest BCUT2D eigenvalue weighted by molar-refractivity contribution is -0.120. The molecule has 3 nitrogen and oxygen atoms in total. The number of carbonyl (C=O) groups excluding carboxylic acids is 1. The zero-order valence-electron chi connectivity index (χ0n) is 15.6. The molecule has 0 spiro atoms. The fraction of sp³-hybridized carbons (Fsp3) is 0.125. The van der Waals surface area contributed by atoms with E-state index in [9.17, 15) is 4.79 Å².